The van der Waals surface area contributed by atoms with Gasteiger partial charge in [-0.15, -0.1) is 0 Å². The fourth-order valence-corrected chi connectivity index (χ4v) is 7.67. The summed E-state index contributed by atoms with van der Waals surface area (Å²) < 4.78 is 45.7. The van der Waals surface area contributed by atoms with Crippen LogP contribution in [0.1, 0.15) is 56.6 Å². The molecule has 0 radical (unpaired) electrons. The number of benzene rings is 4. The number of rotatable bonds is 15. The predicted molar refractivity (Wildman–Crippen MR) is 207 cm³/mol. The van der Waals surface area contributed by atoms with Crippen molar-refractivity contribution < 1.29 is 37.9 Å². The second-order valence-electron chi connectivity index (χ2n) is 13.2. The molecule has 0 bridgehead atoms. The van der Waals surface area contributed by atoms with Crippen molar-refractivity contribution in [3.63, 3.8) is 0 Å². The van der Waals surface area contributed by atoms with E-state index in [1.165, 1.54) is 27.8 Å². The summed E-state index contributed by atoms with van der Waals surface area (Å²) in [7, 11) is 13.4. The number of hydrogen-bond donors (Lipinski definition) is 2. The Morgan fingerprint density at radius 3 is 1.32 bits per heavy atom. The van der Waals surface area contributed by atoms with Crippen molar-refractivity contribution >= 4 is 6.08 Å². The maximum atomic E-state index is 5.77. The molecule has 0 saturated carbocycles. The summed E-state index contributed by atoms with van der Waals surface area (Å²) >= 11 is 0. The van der Waals surface area contributed by atoms with Crippen LogP contribution in [-0.2, 0) is 32.1 Å². The molecule has 282 valence electrons. The minimum atomic E-state index is 0.0747. The van der Waals surface area contributed by atoms with Gasteiger partial charge in [0, 0.05) is 12.1 Å². The number of nitrogens with one attached hydrogen (secondary N) is 2. The summed E-state index contributed by atoms with van der Waals surface area (Å²) in [6.45, 7) is 1.74. The highest BCUT2D eigenvalue weighted by Crippen LogP contribution is 2.40. The van der Waals surface area contributed by atoms with Crippen LogP contribution in [-0.4, -0.2) is 70.0 Å². The molecular weight excluding hydrogens is 672 g/mol. The van der Waals surface area contributed by atoms with E-state index in [1.807, 2.05) is 0 Å². The molecule has 2 aliphatic heterocycles. The molecule has 0 spiro atoms. The maximum Gasteiger partial charge on any atom is 0.161 e. The summed E-state index contributed by atoms with van der Waals surface area (Å²) in [5.74, 6) is 5.73. The van der Waals surface area contributed by atoms with Gasteiger partial charge in [-0.2, -0.15) is 0 Å². The third-order valence-corrected chi connectivity index (χ3v) is 10.4. The molecule has 10 heteroatoms. The van der Waals surface area contributed by atoms with Gasteiger partial charge in [0.25, 0.3) is 0 Å². The Hall–Kier alpha value is -5.06. The highest BCUT2D eigenvalue weighted by atomic mass is 16.5. The second-order valence-corrected chi connectivity index (χ2v) is 13.2. The minimum Gasteiger partial charge on any atom is -0.493 e. The molecule has 0 unspecified atom stereocenters. The lowest BCUT2D eigenvalue weighted by atomic mass is 9.87. The van der Waals surface area contributed by atoms with Gasteiger partial charge in [0.05, 0.1) is 56.9 Å². The standard InChI is InChI=1S/C43H52N2O8/c1-46-36-18-26(30(22-40(36)50-5)16-34-32-24-42(52-7)38(48-3)20-28(32)12-14-44-34)10-9-11-27-19-37(47-2)41(51-6)23-31(27)17-35-33-25-43(53-8)39(49-4)21-29(33)13-15-45-35/h9-10,18-25,34-35,44-45H,11-17H2,1-8H3/b10-9+/t34-,35+/m1/s1. The van der Waals surface area contributed by atoms with Gasteiger partial charge in [-0.25, -0.2) is 0 Å². The topological polar surface area (TPSA) is 97.9 Å². The van der Waals surface area contributed by atoms with Crippen molar-refractivity contribution in [2.75, 3.05) is 70.0 Å². The fourth-order valence-electron chi connectivity index (χ4n) is 7.67. The first-order chi connectivity index (χ1) is 25.9. The van der Waals surface area contributed by atoms with Gasteiger partial charge in [-0.1, -0.05) is 12.2 Å². The van der Waals surface area contributed by atoms with Crippen LogP contribution in [0, 0.1) is 0 Å². The average molecular weight is 725 g/mol. The molecule has 10 nitrogen and oxygen atoms in total. The summed E-state index contributed by atoms with van der Waals surface area (Å²) in [5.41, 5.74) is 9.48. The van der Waals surface area contributed by atoms with E-state index in [4.69, 9.17) is 37.9 Å². The van der Waals surface area contributed by atoms with Crippen molar-refractivity contribution in [3.8, 4) is 46.0 Å². The van der Waals surface area contributed by atoms with Gasteiger partial charge in [0.2, 0.25) is 0 Å². The molecule has 0 amide bonds. The third kappa shape index (κ3) is 7.99. The fraction of sp³-hybridized carbons (Fsp3) is 0.395. The van der Waals surface area contributed by atoms with Crippen LogP contribution in [0.3, 0.4) is 0 Å². The van der Waals surface area contributed by atoms with E-state index in [2.05, 4.69) is 71.3 Å². The molecule has 53 heavy (non-hydrogen) atoms. The number of ether oxygens (including phenoxy) is 8. The number of methoxy groups -OCH3 is 8. The average Bonchev–Trinajstić information content (AvgIpc) is 3.20. The lowest BCUT2D eigenvalue weighted by Gasteiger charge is -2.29. The van der Waals surface area contributed by atoms with Gasteiger partial charge in [-0.05, 0) is 138 Å². The first-order valence-electron chi connectivity index (χ1n) is 18.0. The molecule has 2 aliphatic rings. The summed E-state index contributed by atoms with van der Waals surface area (Å²) in [4.78, 5) is 0. The highest BCUT2D eigenvalue weighted by Gasteiger charge is 2.26. The quantitative estimate of drug-likeness (QED) is 0.135. The Balaban J connectivity index is 1.33. The smallest absolute Gasteiger partial charge is 0.161 e. The Kier molecular flexibility index (Phi) is 12.2. The Bertz CT molecular complexity index is 1940. The maximum absolute atomic E-state index is 5.77. The van der Waals surface area contributed by atoms with E-state index in [1.54, 1.807) is 56.9 Å². The second kappa shape index (κ2) is 17.2. The zero-order valence-corrected chi connectivity index (χ0v) is 32.1. The molecule has 4 aromatic carbocycles. The molecule has 0 aliphatic carbocycles. The highest BCUT2D eigenvalue weighted by molar-refractivity contribution is 5.62. The van der Waals surface area contributed by atoms with Crippen molar-refractivity contribution in [3.05, 3.63) is 99.1 Å². The van der Waals surface area contributed by atoms with Crippen LogP contribution in [0.5, 0.6) is 46.0 Å². The van der Waals surface area contributed by atoms with Crippen LogP contribution in [0.25, 0.3) is 6.08 Å². The monoisotopic (exact) mass is 724 g/mol. The van der Waals surface area contributed by atoms with Gasteiger partial charge in [-0.3, -0.25) is 0 Å². The lowest BCUT2D eigenvalue weighted by Crippen LogP contribution is -2.31. The van der Waals surface area contributed by atoms with E-state index in [9.17, 15) is 0 Å². The zero-order valence-electron chi connectivity index (χ0n) is 32.1. The van der Waals surface area contributed by atoms with Gasteiger partial charge in [0.15, 0.2) is 46.0 Å². The summed E-state index contributed by atoms with van der Waals surface area (Å²) in [6, 6.07) is 16.9. The first kappa shape index (κ1) is 37.7. The Morgan fingerprint density at radius 1 is 0.472 bits per heavy atom. The van der Waals surface area contributed by atoms with E-state index in [0.29, 0.717) is 29.4 Å². The summed E-state index contributed by atoms with van der Waals surface area (Å²) in [6.07, 6.45) is 8.41. The number of hydrogen-bond acceptors (Lipinski definition) is 10. The first-order valence-corrected chi connectivity index (χ1v) is 18.0. The largest absolute Gasteiger partial charge is 0.493 e. The van der Waals surface area contributed by atoms with Crippen molar-refractivity contribution in [2.24, 2.45) is 0 Å². The van der Waals surface area contributed by atoms with Crippen molar-refractivity contribution in [1.29, 1.82) is 0 Å². The van der Waals surface area contributed by atoms with Crippen molar-refractivity contribution in [2.45, 2.75) is 44.2 Å². The van der Waals surface area contributed by atoms with E-state index < -0.39 is 0 Å². The molecule has 0 saturated heterocycles. The molecule has 0 aromatic heterocycles. The molecule has 4 aromatic rings. The number of fused-ring (bicyclic) bond motifs is 2. The molecule has 2 N–H and O–H groups in total. The van der Waals surface area contributed by atoms with Crippen LogP contribution in [0.4, 0.5) is 0 Å². The Morgan fingerprint density at radius 2 is 0.849 bits per heavy atom. The van der Waals surface area contributed by atoms with E-state index in [-0.39, 0.29) is 12.1 Å². The summed E-state index contributed by atoms with van der Waals surface area (Å²) in [5, 5.41) is 7.48. The van der Waals surface area contributed by atoms with Crippen LogP contribution in [0.2, 0.25) is 0 Å². The van der Waals surface area contributed by atoms with Crippen LogP contribution < -0.4 is 48.5 Å². The number of allylic oxidation sites excluding steroid dienone is 1. The van der Waals surface area contributed by atoms with E-state index >= 15 is 0 Å². The lowest BCUT2D eigenvalue weighted by molar-refractivity contribution is 0.351. The normalized spacial score (nSPS) is 16.4. The Labute approximate surface area is 313 Å². The predicted octanol–water partition coefficient (Wildman–Crippen LogP) is 6.87. The molecule has 6 rings (SSSR count). The van der Waals surface area contributed by atoms with Gasteiger partial charge < -0.3 is 48.5 Å². The minimum absolute atomic E-state index is 0.0747. The van der Waals surface area contributed by atoms with Gasteiger partial charge >= 0.3 is 0 Å². The molecule has 0 fully saturated rings. The molecule has 2 atom stereocenters. The third-order valence-electron chi connectivity index (χ3n) is 10.4. The molecule has 2 heterocycles. The molecular formula is C43H52N2O8. The van der Waals surface area contributed by atoms with Crippen LogP contribution >= 0.6 is 0 Å². The van der Waals surface area contributed by atoms with E-state index in [0.717, 1.165) is 78.5 Å². The van der Waals surface area contributed by atoms with Crippen LogP contribution in [0.15, 0.2) is 54.6 Å². The van der Waals surface area contributed by atoms with Crippen molar-refractivity contribution in [1.82, 2.24) is 10.6 Å². The zero-order chi connectivity index (χ0) is 37.5. The SMILES string of the molecule is COc1cc(/C=C/Cc2cc(OC)c(OC)cc2C[C@@H]2NCCc3cc(OC)c(OC)cc32)c(C[C@H]2NCCc3cc(OC)c(OC)cc32)cc1OC. The van der Waals surface area contributed by atoms with Gasteiger partial charge in [0.1, 0.15) is 0 Å².